The number of nitrogens with zero attached hydrogens (tertiary/aromatic N) is 1. The molecule has 0 bridgehead atoms. The molecule has 4 rings (SSSR count). The number of thioether (sulfide) groups is 1. The molecule has 28 heavy (non-hydrogen) atoms. The van der Waals surface area contributed by atoms with Gasteiger partial charge in [0.1, 0.15) is 23.2 Å². The van der Waals surface area contributed by atoms with Crippen LogP contribution < -0.4 is 5.32 Å². The lowest BCUT2D eigenvalue weighted by molar-refractivity contribution is -0.152. The number of carbonyl (C=O) groups excluding carboxylic acids is 3. The maximum atomic E-state index is 12.7. The van der Waals surface area contributed by atoms with E-state index in [0.29, 0.717) is 11.4 Å². The van der Waals surface area contributed by atoms with Gasteiger partial charge < -0.3 is 10.1 Å². The van der Waals surface area contributed by atoms with Gasteiger partial charge in [-0.1, -0.05) is 50.3 Å². The molecule has 0 aromatic heterocycles. The minimum atomic E-state index is -0.616. The summed E-state index contributed by atoms with van der Waals surface area (Å²) in [4.78, 5) is 39.0. The van der Waals surface area contributed by atoms with E-state index in [2.05, 4.69) is 11.9 Å². The molecule has 0 unspecified atom stereocenters. The smallest absolute Gasteiger partial charge is 0.355 e. The first-order valence-electron chi connectivity index (χ1n) is 9.19. The van der Waals surface area contributed by atoms with Crippen LogP contribution in [-0.4, -0.2) is 46.0 Å². The number of β-lactam (4-membered cyclic amide) rings is 1. The van der Waals surface area contributed by atoms with Crippen molar-refractivity contribution in [2.45, 2.75) is 37.8 Å². The molecule has 1 aromatic rings. The summed E-state index contributed by atoms with van der Waals surface area (Å²) in [6, 6.07) is 8.76. The van der Waals surface area contributed by atoms with Crippen molar-refractivity contribution >= 4 is 29.5 Å². The molecule has 3 atom stereocenters. The Balaban J connectivity index is 1.49. The molecule has 146 valence electrons. The van der Waals surface area contributed by atoms with Crippen molar-refractivity contribution in [2.24, 2.45) is 5.41 Å². The average Bonchev–Trinajstić information content (AvgIpc) is 3.03. The minimum absolute atomic E-state index is 0.204. The van der Waals surface area contributed by atoms with Gasteiger partial charge in [0, 0.05) is 16.7 Å². The third-order valence-electron chi connectivity index (χ3n) is 5.46. The summed E-state index contributed by atoms with van der Waals surface area (Å²) < 4.78 is 5.58. The molecule has 6 nitrogen and oxygen atoms in total. The third-order valence-corrected chi connectivity index (χ3v) is 6.76. The fourth-order valence-corrected chi connectivity index (χ4v) is 5.15. The molecule has 3 aliphatic heterocycles. The highest BCUT2D eigenvalue weighted by molar-refractivity contribution is 8.00. The van der Waals surface area contributed by atoms with Gasteiger partial charge in [-0.25, -0.2) is 4.79 Å². The summed E-state index contributed by atoms with van der Waals surface area (Å²) in [7, 11) is 0. The molecular weight excluding hydrogens is 376 g/mol. The van der Waals surface area contributed by atoms with Gasteiger partial charge in [-0.05, 0) is 5.56 Å². The summed E-state index contributed by atoms with van der Waals surface area (Å²) in [6.07, 6.45) is 1.57. The SMILES string of the molecule is C=CC(C)(C)[C@H]1OC(=O)C2=C1CS[C@@H]1[C@H](NC(=O)Cc3ccccc3)C(=O)N21. The minimum Gasteiger partial charge on any atom is -0.452 e. The van der Waals surface area contributed by atoms with Gasteiger partial charge in [0.05, 0.1) is 6.42 Å². The van der Waals surface area contributed by atoms with Crippen molar-refractivity contribution in [1.29, 1.82) is 0 Å². The molecule has 0 spiro atoms. The van der Waals surface area contributed by atoms with Crippen LogP contribution in [0, 0.1) is 5.41 Å². The van der Waals surface area contributed by atoms with Crippen molar-refractivity contribution in [3.05, 3.63) is 59.8 Å². The largest absolute Gasteiger partial charge is 0.452 e. The van der Waals surface area contributed by atoms with Crippen LogP contribution in [0.15, 0.2) is 54.3 Å². The van der Waals surface area contributed by atoms with Crippen LogP contribution in [0.4, 0.5) is 0 Å². The Kier molecular flexibility index (Phi) is 4.57. The number of nitrogens with one attached hydrogen (secondary N) is 1. The Morgan fingerprint density at radius 3 is 2.75 bits per heavy atom. The van der Waals surface area contributed by atoms with E-state index in [-0.39, 0.29) is 23.6 Å². The van der Waals surface area contributed by atoms with Crippen LogP contribution in [-0.2, 0) is 25.5 Å². The van der Waals surface area contributed by atoms with E-state index in [1.165, 1.54) is 4.90 Å². The van der Waals surface area contributed by atoms with Crippen LogP contribution in [0.1, 0.15) is 19.4 Å². The fourth-order valence-electron chi connectivity index (χ4n) is 3.78. The second-order valence-corrected chi connectivity index (χ2v) is 8.91. The predicted molar refractivity (Wildman–Crippen MR) is 106 cm³/mol. The van der Waals surface area contributed by atoms with Gasteiger partial charge in [0.2, 0.25) is 5.91 Å². The van der Waals surface area contributed by atoms with Gasteiger partial charge in [-0.3, -0.25) is 14.5 Å². The number of carbonyl (C=O) groups is 3. The first-order chi connectivity index (χ1) is 13.3. The first-order valence-corrected chi connectivity index (χ1v) is 10.2. The summed E-state index contributed by atoms with van der Waals surface area (Å²) in [6.45, 7) is 7.74. The monoisotopic (exact) mass is 398 g/mol. The zero-order chi connectivity index (χ0) is 20.1. The molecule has 2 amide bonds. The van der Waals surface area contributed by atoms with Crippen molar-refractivity contribution in [3.63, 3.8) is 0 Å². The Morgan fingerprint density at radius 1 is 1.36 bits per heavy atom. The van der Waals surface area contributed by atoms with Gasteiger partial charge in [0.15, 0.2) is 0 Å². The second-order valence-electron chi connectivity index (χ2n) is 7.80. The predicted octanol–water partition coefficient (Wildman–Crippen LogP) is 2.02. The lowest BCUT2D eigenvalue weighted by Crippen LogP contribution is -2.70. The molecule has 1 aromatic carbocycles. The van der Waals surface area contributed by atoms with E-state index in [1.54, 1.807) is 17.8 Å². The number of hydrogen-bond acceptors (Lipinski definition) is 5. The lowest BCUT2D eigenvalue weighted by Gasteiger charge is -2.48. The molecule has 0 saturated carbocycles. The zero-order valence-corrected chi connectivity index (χ0v) is 16.6. The third kappa shape index (κ3) is 2.94. The quantitative estimate of drug-likeness (QED) is 0.467. The maximum Gasteiger partial charge on any atom is 0.355 e. The molecule has 0 radical (unpaired) electrons. The van der Waals surface area contributed by atoms with Crippen LogP contribution in [0.25, 0.3) is 0 Å². The molecule has 1 N–H and O–H groups in total. The number of rotatable bonds is 5. The highest BCUT2D eigenvalue weighted by Gasteiger charge is 2.58. The number of hydrogen-bond donors (Lipinski definition) is 1. The van der Waals surface area contributed by atoms with Gasteiger partial charge in [0.25, 0.3) is 5.91 Å². The van der Waals surface area contributed by atoms with Crippen molar-refractivity contribution in [2.75, 3.05) is 5.75 Å². The number of benzene rings is 1. The van der Waals surface area contributed by atoms with Gasteiger partial charge in [-0.2, -0.15) is 0 Å². The number of cyclic esters (lactones) is 1. The fraction of sp³-hybridized carbons (Fsp3) is 0.381. The summed E-state index contributed by atoms with van der Waals surface area (Å²) in [5.41, 5.74) is 1.65. The highest BCUT2D eigenvalue weighted by atomic mass is 32.2. The summed E-state index contributed by atoms with van der Waals surface area (Å²) in [5, 5.41) is 2.55. The normalized spacial score (nSPS) is 26.2. The van der Waals surface area contributed by atoms with Crippen LogP contribution >= 0.6 is 11.8 Å². The lowest BCUT2D eigenvalue weighted by atomic mass is 9.83. The number of fused-ring (bicyclic) bond motifs is 2. The van der Waals surface area contributed by atoms with Crippen LogP contribution in [0.2, 0.25) is 0 Å². The van der Waals surface area contributed by atoms with E-state index < -0.39 is 23.5 Å². The summed E-state index contributed by atoms with van der Waals surface area (Å²) >= 11 is 1.55. The zero-order valence-electron chi connectivity index (χ0n) is 15.8. The topological polar surface area (TPSA) is 75.7 Å². The van der Waals surface area contributed by atoms with E-state index in [4.69, 9.17) is 4.74 Å². The maximum absolute atomic E-state index is 12.7. The van der Waals surface area contributed by atoms with Crippen molar-refractivity contribution in [1.82, 2.24) is 10.2 Å². The molecular formula is C21H22N2O4S. The number of ether oxygens (including phenoxy) is 1. The van der Waals surface area contributed by atoms with E-state index >= 15 is 0 Å². The Labute approximate surface area is 168 Å². The molecule has 1 saturated heterocycles. The molecule has 0 aliphatic carbocycles. The standard InChI is InChI=1S/C21H22N2O4S/c1-4-21(2,3)17-13-11-28-19-15(18(25)23(19)16(13)20(26)27-17)22-14(24)10-12-8-6-5-7-9-12/h4-9,15,17,19H,1,10-11H2,2-3H3,(H,22,24)/t15-,17+,19-/m1/s1. The van der Waals surface area contributed by atoms with Crippen LogP contribution in [0.3, 0.4) is 0 Å². The van der Waals surface area contributed by atoms with Crippen molar-refractivity contribution in [3.8, 4) is 0 Å². The molecule has 1 fully saturated rings. The summed E-state index contributed by atoms with van der Waals surface area (Å²) in [5.74, 6) is -0.352. The molecule has 3 aliphatic rings. The van der Waals surface area contributed by atoms with Gasteiger partial charge in [-0.15, -0.1) is 18.3 Å². The molecule has 3 heterocycles. The van der Waals surface area contributed by atoms with E-state index in [9.17, 15) is 14.4 Å². The first kappa shape index (κ1) is 18.8. The Bertz CT molecular complexity index is 893. The number of amides is 2. The highest BCUT2D eigenvalue weighted by Crippen LogP contribution is 2.47. The van der Waals surface area contributed by atoms with E-state index in [0.717, 1.165) is 11.1 Å². The van der Waals surface area contributed by atoms with E-state index in [1.807, 2.05) is 44.2 Å². The molecule has 7 heteroatoms. The average molecular weight is 398 g/mol. The van der Waals surface area contributed by atoms with Crippen molar-refractivity contribution < 1.29 is 19.1 Å². The Morgan fingerprint density at radius 2 is 2.07 bits per heavy atom. The van der Waals surface area contributed by atoms with Crippen LogP contribution in [0.5, 0.6) is 0 Å². The number of esters is 1. The Hall–Kier alpha value is -2.54. The van der Waals surface area contributed by atoms with Gasteiger partial charge >= 0.3 is 5.97 Å². The second kappa shape index (κ2) is 6.81.